The minimum atomic E-state index is -0.255. The predicted octanol–water partition coefficient (Wildman–Crippen LogP) is 4.21. The van der Waals surface area contributed by atoms with E-state index in [0.29, 0.717) is 10.7 Å². The molecule has 2 aromatic rings. The van der Waals surface area contributed by atoms with E-state index in [0.717, 1.165) is 11.1 Å². The number of halogens is 1. The van der Waals surface area contributed by atoms with Gasteiger partial charge in [0.1, 0.15) is 0 Å². The minimum Gasteiger partial charge on any atom is -0.392 e. The molecule has 0 heterocycles. The van der Waals surface area contributed by atoms with Gasteiger partial charge in [0.25, 0.3) is 0 Å². The summed E-state index contributed by atoms with van der Waals surface area (Å²) in [7, 11) is 0. The van der Waals surface area contributed by atoms with Crippen molar-refractivity contribution in [1.29, 1.82) is 0 Å². The van der Waals surface area contributed by atoms with Gasteiger partial charge in [-0.05, 0) is 41.3 Å². The van der Waals surface area contributed by atoms with Crippen LogP contribution < -0.4 is 5.32 Å². The molecular formula is C18H20ClNO2. The SMILES string of the molecule is CC(C)[C@H](C(=O)Nc1cccc(CO)c1)c1ccc(Cl)cc1. The number of benzene rings is 2. The lowest BCUT2D eigenvalue weighted by atomic mass is 9.87. The van der Waals surface area contributed by atoms with E-state index in [-0.39, 0.29) is 24.3 Å². The highest BCUT2D eigenvalue weighted by atomic mass is 35.5. The van der Waals surface area contributed by atoms with E-state index in [1.807, 2.05) is 44.2 Å². The zero-order chi connectivity index (χ0) is 16.1. The van der Waals surface area contributed by atoms with Gasteiger partial charge in [0, 0.05) is 10.7 Å². The largest absolute Gasteiger partial charge is 0.392 e. The Bertz CT molecular complexity index is 638. The number of carbonyl (C=O) groups is 1. The maximum Gasteiger partial charge on any atom is 0.232 e. The number of rotatable bonds is 5. The summed E-state index contributed by atoms with van der Waals surface area (Å²) < 4.78 is 0. The summed E-state index contributed by atoms with van der Waals surface area (Å²) in [5.41, 5.74) is 2.40. The van der Waals surface area contributed by atoms with Gasteiger partial charge in [-0.25, -0.2) is 0 Å². The Hall–Kier alpha value is -1.84. The summed E-state index contributed by atoms with van der Waals surface area (Å²) in [4.78, 5) is 12.6. The van der Waals surface area contributed by atoms with Crippen LogP contribution in [-0.4, -0.2) is 11.0 Å². The van der Waals surface area contributed by atoms with Crippen molar-refractivity contribution in [3.63, 3.8) is 0 Å². The topological polar surface area (TPSA) is 49.3 Å². The van der Waals surface area contributed by atoms with E-state index in [9.17, 15) is 9.90 Å². The summed E-state index contributed by atoms with van der Waals surface area (Å²) in [5.74, 6) is -0.162. The molecule has 2 aromatic carbocycles. The smallest absolute Gasteiger partial charge is 0.232 e. The van der Waals surface area contributed by atoms with Gasteiger partial charge in [-0.1, -0.05) is 49.7 Å². The quantitative estimate of drug-likeness (QED) is 0.867. The number of aliphatic hydroxyl groups excluding tert-OH is 1. The van der Waals surface area contributed by atoms with Crippen LogP contribution in [0.1, 0.15) is 30.9 Å². The standard InChI is InChI=1S/C18H20ClNO2/c1-12(2)17(14-6-8-15(19)9-7-14)18(22)20-16-5-3-4-13(10-16)11-21/h3-10,12,17,21H,11H2,1-2H3,(H,20,22)/t17-/m0/s1. The molecule has 0 bridgehead atoms. The van der Waals surface area contributed by atoms with Crippen LogP contribution >= 0.6 is 11.6 Å². The van der Waals surface area contributed by atoms with Crippen molar-refractivity contribution < 1.29 is 9.90 Å². The van der Waals surface area contributed by atoms with Crippen LogP contribution in [0.3, 0.4) is 0 Å². The summed E-state index contributed by atoms with van der Waals surface area (Å²) in [5, 5.41) is 12.8. The molecule has 0 saturated heterocycles. The number of anilines is 1. The minimum absolute atomic E-state index is 0.0471. The molecule has 0 aromatic heterocycles. The molecule has 2 rings (SSSR count). The van der Waals surface area contributed by atoms with Crippen LogP contribution in [0.2, 0.25) is 5.02 Å². The Balaban J connectivity index is 2.21. The first-order valence-electron chi connectivity index (χ1n) is 7.27. The molecule has 1 amide bonds. The molecule has 0 aliphatic heterocycles. The van der Waals surface area contributed by atoms with Gasteiger partial charge < -0.3 is 10.4 Å². The van der Waals surface area contributed by atoms with E-state index in [1.165, 1.54) is 0 Å². The third-order valence-electron chi connectivity index (χ3n) is 3.56. The number of hydrogen-bond donors (Lipinski definition) is 2. The summed E-state index contributed by atoms with van der Waals surface area (Å²) in [6.07, 6.45) is 0. The fourth-order valence-corrected chi connectivity index (χ4v) is 2.60. The normalized spacial score (nSPS) is 12.2. The van der Waals surface area contributed by atoms with Crippen LogP contribution in [0.4, 0.5) is 5.69 Å². The zero-order valence-electron chi connectivity index (χ0n) is 12.7. The molecular weight excluding hydrogens is 298 g/mol. The average Bonchev–Trinajstić information content (AvgIpc) is 2.49. The van der Waals surface area contributed by atoms with Crippen LogP contribution in [0.25, 0.3) is 0 Å². The number of amides is 1. The molecule has 1 atom stereocenters. The molecule has 4 heteroatoms. The first kappa shape index (κ1) is 16.5. The second-order valence-electron chi connectivity index (χ2n) is 5.62. The van der Waals surface area contributed by atoms with E-state index < -0.39 is 0 Å². The molecule has 0 saturated carbocycles. The van der Waals surface area contributed by atoms with E-state index in [2.05, 4.69) is 5.32 Å². The summed E-state index contributed by atoms with van der Waals surface area (Å²) in [6, 6.07) is 14.6. The van der Waals surface area contributed by atoms with Crippen molar-refractivity contribution in [3.05, 3.63) is 64.7 Å². The van der Waals surface area contributed by atoms with Crippen LogP contribution in [0.15, 0.2) is 48.5 Å². The van der Waals surface area contributed by atoms with Gasteiger partial charge in [-0.2, -0.15) is 0 Å². The third kappa shape index (κ3) is 4.09. The average molecular weight is 318 g/mol. The molecule has 2 N–H and O–H groups in total. The Morgan fingerprint density at radius 3 is 2.45 bits per heavy atom. The molecule has 0 aliphatic carbocycles. The van der Waals surface area contributed by atoms with Gasteiger partial charge in [0.05, 0.1) is 12.5 Å². The molecule has 22 heavy (non-hydrogen) atoms. The lowest BCUT2D eigenvalue weighted by Gasteiger charge is -2.21. The van der Waals surface area contributed by atoms with Gasteiger partial charge in [-0.3, -0.25) is 4.79 Å². The number of hydrogen-bond acceptors (Lipinski definition) is 2. The molecule has 3 nitrogen and oxygen atoms in total. The van der Waals surface area contributed by atoms with Crippen LogP contribution in [0, 0.1) is 5.92 Å². The van der Waals surface area contributed by atoms with Crippen LogP contribution in [-0.2, 0) is 11.4 Å². The monoisotopic (exact) mass is 317 g/mol. The molecule has 0 unspecified atom stereocenters. The summed E-state index contributed by atoms with van der Waals surface area (Å²) in [6.45, 7) is 3.99. The van der Waals surface area contributed by atoms with Crippen molar-refractivity contribution in [2.75, 3.05) is 5.32 Å². The van der Waals surface area contributed by atoms with Crippen molar-refractivity contribution in [2.45, 2.75) is 26.4 Å². The zero-order valence-corrected chi connectivity index (χ0v) is 13.5. The van der Waals surface area contributed by atoms with Crippen LogP contribution in [0.5, 0.6) is 0 Å². The first-order valence-corrected chi connectivity index (χ1v) is 7.65. The Kier molecular flexibility index (Phi) is 5.58. The third-order valence-corrected chi connectivity index (χ3v) is 3.81. The predicted molar refractivity (Wildman–Crippen MR) is 90.0 cm³/mol. The lowest BCUT2D eigenvalue weighted by Crippen LogP contribution is -2.25. The lowest BCUT2D eigenvalue weighted by molar-refractivity contribution is -0.118. The van der Waals surface area contributed by atoms with E-state index in [1.54, 1.807) is 18.2 Å². The molecule has 0 fully saturated rings. The highest BCUT2D eigenvalue weighted by Crippen LogP contribution is 2.27. The van der Waals surface area contributed by atoms with Crippen molar-refractivity contribution >= 4 is 23.2 Å². The van der Waals surface area contributed by atoms with Gasteiger partial charge in [0.2, 0.25) is 5.91 Å². The van der Waals surface area contributed by atoms with E-state index >= 15 is 0 Å². The summed E-state index contributed by atoms with van der Waals surface area (Å²) >= 11 is 5.91. The molecule has 0 aliphatic rings. The van der Waals surface area contributed by atoms with E-state index in [4.69, 9.17) is 11.6 Å². The van der Waals surface area contributed by atoms with Crippen molar-refractivity contribution in [3.8, 4) is 0 Å². The molecule has 116 valence electrons. The fraction of sp³-hybridized carbons (Fsp3) is 0.278. The van der Waals surface area contributed by atoms with Crippen molar-refractivity contribution in [1.82, 2.24) is 0 Å². The number of carbonyl (C=O) groups excluding carboxylic acids is 1. The number of aliphatic hydroxyl groups is 1. The molecule has 0 spiro atoms. The maximum atomic E-state index is 12.6. The fourth-order valence-electron chi connectivity index (χ4n) is 2.48. The van der Waals surface area contributed by atoms with Crippen molar-refractivity contribution in [2.24, 2.45) is 5.92 Å². The van der Waals surface area contributed by atoms with Gasteiger partial charge in [-0.15, -0.1) is 0 Å². The Morgan fingerprint density at radius 1 is 1.18 bits per heavy atom. The Labute approximate surface area is 135 Å². The van der Waals surface area contributed by atoms with Gasteiger partial charge in [0.15, 0.2) is 0 Å². The first-order chi connectivity index (χ1) is 10.5. The highest BCUT2D eigenvalue weighted by molar-refractivity contribution is 6.30. The highest BCUT2D eigenvalue weighted by Gasteiger charge is 2.24. The Morgan fingerprint density at radius 2 is 1.86 bits per heavy atom. The molecule has 0 radical (unpaired) electrons. The second-order valence-corrected chi connectivity index (χ2v) is 6.06. The maximum absolute atomic E-state index is 12.6. The second kappa shape index (κ2) is 7.43. The number of nitrogens with one attached hydrogen (secondary N) is 1. The van der Waals surface area contributed by atoms with Gasteiger partial charge >= 0.3 is 0 Å².